The Morgan fingerprint density at radius 2 is 2.12 bits per heavy atom. The van der Waals surface area contributed by atoms with E-state index in [1.807, 2.05) is 19.1 Å². The van der Waals surface area contributed by atoms with E-state index in [0.717, 1.165) is 11.3 Å². The molecule has 1 N–H and O–H groups in total. The van der Waals surface area contributed by atoms with E-state index in [4.69, 9.17) is 9.47 Å². The van der Waals surface area contributed by atoms with Crippen molar-refractivity contribution in [1.82, 2.24) is 5.32 Å². The minimum atomic E-state index is -0.127. The van der Waals surface area contributed by atoms with E-state index < -0.39 is 0 Å². The fourth-order valence-electron chi connectivity index (χ4n) is 1.37. The zero-order valence-electron chi connectivity index (χ0n) is 10.3. The summed E-state index contributed by atoms with van der Waals surface area (Å²) in [5.74, 6) is 1.30. The summed E-state index contributed by atoms with van der Waals surface area (Å²) in [6, 6.07) is 5.42. The molecule has 0 fully saturated rings. The lowest BCUT2D eigenvalue weighted by atomic mass is 10.1. The Morgan fingerprint density at radius 3 is 2.71 bits per heavy atom. The van der Waals surface area contributed by atoms with Crippen LogP contribution in [0.5, 0.6) is 11.5 Å². The Hall–Kier alpha value is -1.97. The summed E-state index contributed by atoms with van der Waals surface area (Å²) >= 11 is 0. The zero-order valence-corrected chi connectivity index (χ0v) is 10.3. The van der Waals surface area contributed by atoms with Crippen LogP contribution in [0.15, 0.2) is 24.3 Å². The normalized spacial score (nSPS) is 10.3. The first-order chi connectivity index (χ1) is 8.21. The van der Waals surface area contributed by atoms with Crippen LogP contribution in [0.1, 0.15) is 12.5 Å². The smallest absolute Gasteiger partial charge is 0.243 e. The molecule has 92 valence electrons. The molecule has 17 heavy (non-hydrogen) atoms. The Bertz CT molecular complexity index is 413. The second-order valence-electron chi connectivity index (χ2n) is 3.34. The van der Waals surface area contributed by atoms with Gasteiger partial charge >= 0.3 is 0 Å². The number of hydrogen-bond acceptors (Lipinski definition) is 3. The molecule has 0 aliphatic rings. The first kappa shape index (κ1) is 13.1. The van der Waals surface area contributed by atoms with E-state index in [-0.39, 0.29) is 5.91 Å². The third-order valence-corrected chi connectivity index (χ3v) is 2.20. The molecule has 0 radical (unpaired) electrons. The van der Waals surface area contributed by atoms with Crippen molar-refractivity contribution in [1.29, 1.82) is 0 Å². The molecule has 4 nitrogen and oxygen atoms in total. The molecule has 0 aliphatic heterocycles. The van der Waals surface area contributed by atoms with Gasteiger partial charge < -0.3 is 14.8 Å². The van der Waals surface area contributed by atoms with Crippen LogP contribution in [-0.4, -0.2) is 26.7 Å². The number of nitrogens with one attached hydrogen (secondary N) is 1. The van der Waals surface area contributed by atoms with Crippen LogP contribution in [0.4, 0.5) is 0 Å². The summed E-state index contributed by atoms with van der Waals surface area (Å²) in [5, 5.41) is 2.68. The van der Waals surface area contributed by atoms with Crippen LogP contribution >= 0.6 is 0 Å². The van der Waals surface area contributed by atoms with Crippen molar-refractivity contribution < 1.29 is 14.3 Å². The highest BCUT2D eigenvalue weighted by Crippen LogP contribution is 2.24. The average molecular weight is 235 g/mol. The van der Waals surface area contributed by atoms with Crippen molar-refractivity contribution in [3.63, 3.8) is 0 Å². The van der Waals surface area contributed by atoms with Gasteiger partial charge in [-0.25, -0.2) is 0 Å². The van der Waals surface area contributed by atoms with Gasteiger partial charge in [-0.3, -0.25) is 4.79 Å². The van der Waals surface area contributed by atoms with Gasteiger partial charge in [-0.2, -0.15) is 0 Å². The standard InChI is InChI=1S/C13H17NO3/c1-4-14-13(15)8-5-10-9-11(16-2)6-7-12(10)17-3/h5-9H,4H2,1-3H3,(H,14,15)/b8-5+. The summed E-state index contributed by atoms with van der Waals surface area (Å²) in [4.78, 5) is 11.3. The van der Waals surface area contributed by atoms with Gasteiger partial charge in [0, 0.05) is 18.2 Å². The molecule has 0 aliphatic carbocycles. The van der Waals surface area contributed by atoms with Crippen LogP contribution in [0.2, 0.25) is 0 Å². The average Bonchev–Trinajstić information content (AvgIpc) is 2.36. The van der Waals surface area contributed by atoms with Gasteiger partial charge in [0.2, 0.25) is 5.91 Å². The Balaban J connectivity index is 2.91. The predicted molar refractivity (Wildman–Crippen MR) is 67.3 cm³/mol. The fraction of sp³-hybridized carbons (Fsp3) is 0.308. The van der Waals surface area contributed by atoms with Gasteiger partial charge in [0.1, 0.15) is 11.5 Å². The fourth-order valence-corrected chi connectivity index (χ4v) is 1.37. The van der Waals surface area contributed by atoms with Crippen molar-refractivity contribution in [2.24, 2.45) is 0 Å². The molecule has 0 saturated carbocycles. The number of carbonyl (C=O) groups excluding carboxylic acids is 1. The molecule has 0 atom stereocenters. The molecule has 0 spiro atoms. The van der Waals surface area contributed by atoms with E-state index in [0.29, 0.717) is 12.3 Å². The van der Waals surface area contributed by atoms with Crippen LogP contribution in [0, 0.1) is 0 Å². The largest absolute Gasteiger partial charge is 0.497 e. The number of amides is 1. The van der Waals surface area contributed by atoms with Crippen molar-refractivity contribution >= 4 is 12.0 Å². The SMILES string of the molecule is CCNC(=O)/C=C/c1cc(OC)ccc1OC. The Morgan fingerprint density at radius 1 is 1.35 bits per heavy atom. The first-order valence-corrected chi connectivity index (χ1v) is 5.39. The van der Waals surface area contributed by atoms with Gasteiger partial charge in [-0.15, -0.1) is 0 Å². The van der Waals surface area contributed by atoms with E-state index in [1.165, 1.54) is 6.08 Å². The van der Waals surface area contributed by atoms with Crippen molar-refractivity contribution in [3.05, 3.63) is 29.8 Å². The van der Waals surface area contributed by atoms with Gasteiger partial charge in [0.05, 0.1) is 14.2 Å². The molecule has 0 heterocycles. The predicted octanol–water partition coefficient (Wildman–Crippen LogP) is 1.85. The molecular formula is C13H17NO3. The Labute approximate surface area is 101 Å². The number of benzene rings is 1. The second kappa shape index (κ2) is 6.58. The molecule has 0 unspecified atom stereocenters. The highest BCUT2D eigenvalue weighted by Gasteiger charge is 2.02. The highest BCUT2D eigenvalue weighted by molar-refractivity contribution is 5.92. The van der Waals surface area contributed by atoms with E-state index >= 15 is 0 Å². The first-order valence-electron chi connectivity index (χ1n) is 5.39. The molecule has 1 amide bonds. The van der Waals surface area contributed by atoms with Crippen molar-refractivity contribution in [2.45, 2.75) is 6.92 Å². The van der Waals surface area contributed by atoms with Gasteiger partial charge in [-0.05, 0) is 31.2 Å². The summed E-state index contributed by atoms with van der Waals surface area (Å²) < 4.78 is 10.3. The number of rotatable bonds is 5. The van der Waals surface area contributed by atoms with E-state index in [2.05, 4.69) is 5.32 Å². The Kier molecular flexibility index (Phi) is 5.07. The molecule has 0 bridgehead atoms. The lowest BCUT2D eigenvalue weighted by molar-refractivity contribution is -0.116. The van der Waals surface area contributed by atoms with E-state index in [1.54, 1.807) is 26.4 Å². The molecule has 0 aromatic heterocycles. The molecule has 1 aromatic carbocycles. The lowest BCUT2D eigenvalue weighted by Crippen LogP contribution is -2.19. The quantitative estimate of drug-likeness (QED) is 0.792. The second-order valence-corrected chi connectivity index (χ2v) is 3.34. The summed E-state index contributed by atoms with van der Waals surface area (Å²) in [7, 11) is 3.18. The molecule has 1 rings (SSSR count). The van der Waals surface area contributed by atoms with Gasteiger partial charge in [-0.1, -0.05) is 0 Å². The summed E-state index contributed by atoms with van der Waals surface area (Å²) in [5.41, 5.74) is 0.804. The van der Waals surface area contributed by atoms with Crippen molar-refractivity contribution in [2.75, 3.05) is 20.8 Å². The number of ether oxygens (including phenoxy) is 2. The monoisotopic (exact) mass is 235 g/mol. The van der Waals surface area contributed by atoms with E-state index in [9.17, 15) is 4.79 Å². The topological polar surface area (TPSA) is 47.6 Å². The number of methoxy groups -OCH3 is 2. The van der Waals surface area contributed by atoms with Gasteiger partial charge in [0.25, 0.3) is 0 Å². The number of carbonyl (C=O) groups is 1. The number of likely N-dealkylation sites (N-methyl/N-ethyl adjacent to an activating group) is 1. The molecule has 4 heteroatoms. The highest BCUT2D eigenvalue weighted by atomic mass is 16.5. The maximum Gasteiger partial charge on any atom is 0.243 e. The molecular weight excluding hydrogens is 218 g/mol. The third-order valence-electron chi connectivity index (χ3n) is 2.20. The lowest BCUT2D eigenvalue weighted by Gasteiger charge is -2.07. The van der Waals surface area contributed by atoms with Crippen LogP contribution in [0.25, 0.3) is 6.08 Å². The minimum Gasteiger partial charge on any atom is -0.497 e. The molecule has 0 saturated heterocycles. The summed E-state index contributed by atoms with van der Waals surface area (Å²) in [6.45, 7) is 2.48. The van der Waals surface area contributed by atoms with Crippen molar-refractivity contribution in [3.8, 4) is 11.5 Å². The number of hydrogen-bond donors (Lipinski definition) is 1. The maximum absolute atomic E-state index is 11.3. The summed E-state index contributed by atoms with van der Waals surface area (Å²) in [6.07, 6.45) is 3.17. The minimum absolute atomic E-state index is 0.127. The maximum atomic E-state index is 11.3. The van der Waals surface area contributed by atoms with Gasteiger partial charge in [0.15, 0.2) is 0 Å². The zero-order chi connectivity index (χ0) is 12.7. The molecule has 1 aromatic rings. The van der Waals surface area contributed by atoms with Crippen LogP contribution in [0.3, 0.4) is 0 Å². The van der Waals surface area contributed by atoms with Crippen LogP contribution in [-0.2, 0) is 4.79 Å². The third kappa shape index (κ3) is 3.83. The van der Waals surface area contributed by atoms with Crippen LogP contribution < -0.4 is 14.8 Å².